The molecule has 0 aromatic carbocycles. The number of halogens is 2. The Kier molecular flexibility index (Phi) is 11.8. The van der Waals surface area contributed by atoms with Crippen LogP contribution in [0.3, 0.4) is 0 Å². The minimum absolute atomic E-state index is 0. The van der Waals surface area contributed by atoms with Gasteiger partial charge in [0.25, 0.3) is 5.91 Å². The molecule has 2 heterocycles. The number of amides is 1. The van der Waals surface area contributed by atoms with Crippen molar-refractivity contribution in [1.82, 2.24) is 20.1 Å². The van der Waals surface area contributed by atoms with E-state index in [2.05, 4.69) is 34.2 Å². The van der Waals surface area contributed by atoms with Gasteiger partial charge in [0.05, 0.1) is 5.01 Å². The molecule has 0 aliphatic carbocycles. The Balaban J connectivity index is 0.00000264. The van der Waals surface area contributed by atoms with Gasteiger partial charge in [0, 0.05) is 30.9 Å². The molecule has 0 unspecified atom stereocenters. The summed E-state index contributed by atoms with van der Waals surface area (Å²) in [5.41, 5.74) is 6.01. The normalized spacial score (nSPS) is 15.7. The number of nitrogens with one attached hydrogen (secondary N) is 1. The number of hydrogen-bond donors (Lipinski definition) is 2. The van der Waals surface area contributed by atoms with Gasteiger partial charge in [0.15, 0.2) is 0 Å². The zero-order chi connectivity index (χ0) is 15.9. The molecule has 0 bridgehead atoms. The predicted octanol–water partition coefficient (Wildman–Crippen LogP) is 1.24. The Morgan fingerprint density at radius 1 is 1.42 bits per heavy atom. The van der Waals surface area contributed by atoms with Gasteiger partial charge in [0.1, 0.15) is 5.69 Å². The Hall–Kier alpha value is -0.440. The molecule has 0 radical (unpaired) electrons. The summed E-state index contributed by atoms with van der Waals surface area (Å²) in [5.74, 6) is -0.0808. The first kappa shape index (κ1) is 23.6. The van der Waals surface area contributed by atoms with Crippen molar-refractivity contribution >= 4 is 42.1 Å². The highest BCUT2D eigenvalue weighted by Crippen LogP contribution is 2.13. The molecule has 1 amide bonds. The fraction of sp³-hybridized carbons (Fsp3) is 0.733. The molecule has 24 heavy (non-hydrogen) atoms. The van der Waals surface area contributed by atoms with Gasteiger partial charge < -0.3 is 20.9 Å². The van der Waals surface area contributed by atoms with Crippen LogP contribution in [-0.4, -0.2) is 73.6 Å². The third kappa shape index (κ3) is 7.21. The third-order valence-corrected chi connectivity index (χ3v) is 5.05. The molecule has 0 atom stereocenters. The second kappa shape index (κ2) is 12.0. The highest BCUT2D eigenvalue weighted by atomic mass is 35.5. The predicted molar refractivity (Wildman–Crippen MR) is 105 cm³/mol. The number of hydrogen-bond acceptors (Lipinski definition) is 6. The number of nitrogens with two attached hydrogens (primary N) is 1. The number of rotatable bonds is 7. The molecule has 9 heteroatoms. The van der Waals surface area contributed by atoms with Gasteiger partial charge in [0.2, 0.25) is 0 Å². The maximum atomic E-state index is 12.0. The van der Waals surface area contributed by atoms with Gasteiger partial charge in [-0.25, -0.2) is 4.98 Å². The topological polar surface area (TPSA) is 74.5 Å². The molecule has 1 fully saturated rings. The van der Waals surface area contributed by atoms with Gasteiger partial charge >= 0.3 is 0 Å². The fourth-order valence-corrected chi connectivity index (χ4v) is 3.53. The molecular formula is C15H29Cl2N5OS. The summed E-state index contributed by atoms with van der Waals surface area (Å²) < 4.78 is 0. The van der Waals surface area contributed by atoms with E-state index < -0.39 is 0 Å². The first-order chi connectivity index (χ1) is 10.6. The lowest BCUT2D eigenvalue weighted by Crippen LogP contribution is -2.44. The number of carbonyl (C=O) groups is 1. The molecule has 6 nitrogen and oxygen atoms in total. The van der Waals surface area contributed by atoms with Crippen molar-refractivity contribution in [2.24, 2.45) is 5.73 Å². The minimum atomic E-state index is -0.0808. The fourth-order valence-electron chi connectivity index (χ4n) is 2.73. The van der Waals surface area contributed by atoms with Gasteiger partial charge in [-0.15, -0.1) is 36.2 Å². The third-order valence-electron chi connectivity index (χ3n) is 4.14. The van der Waals surface area contributed by atoms with Crippen LogP contribution < -0.4 is 11.1 Å². The number of thiazole rings is 1. The highest BCUT2D eigenvalue weighted by Gasteiger charge is 2.20. The summed E-state index contributed by atoms with van der Waals surface area (Å²) in [6, 6.07) is 0.696. The van der Waals surface area contributed by atoms with Crippen LogP contribution in [-0.2, 0) is 6.42 Å². The summed E-state index contributed by atoms with van der Waals surface area (Å²) in [5, 5.41) is 5.70. The van der Waals surface area contributed by atoms with Crippen LogP contribution in [0.25, 0.3) is 0 Å². The molecule has 1 saturated heterocycles. The molecule has 1 aromatic rings. The molecule has 140 valence electrons. The maximum absolute atomic E-state index is 12.0. The molecule has 1 aliphatic rings. The van der Waals surface area contributed by atoms with E-state index in [-0.39, 0.29) is 30.7 Å². The standard InChI is InChI=1S/C15H27N5OS.2ClH/c1-19(2)12-4-8-20(9-5-12)10-7-17-15(21)13-11-22-14(18-13)3-6-16;;/h11-12H,3-10,16H2,1-2H3,(H,17,21);2*1H. The Morgan fingerprint density at radius 3 is 2.67 bits per heavy atom. The van der Waals surface area contributed by atoms with Gasteiger partial charge in [-0.2, -0.15) is 0 Å². The van der Waals surface area contributed by atoms with E-state index in [0.29, 0.717) is 24.8 Å². The number of carbonyl (C=O) groups excluding carboxylic acids is 1. The largest absolute Gasteiger partial charge is 0.349 e. The van der Waals surface area contributed by atoms with E-state index in [9.17, 15) is 4.79 Å². The number of nitrogens with zero attached hydrogens (tertiary/aromatic N) is 3. The lowest BCUT2D eigenvalue weighted by Gasteiger charge is -2.35. The molecule has 3 N–H and O–H groups in total. The molecule has 2 rings (SSSR count). The summed E-state index contributed by atoms with van der Waals surface area (Å²) in [6.07, 6.45) is 3.14. The second-order valence-corrected chi connectivity index (χ2v) is 6.90. The van der Waals surface area contributed by atoms with Crippen molar-refractivity contribution in [2.45, 2.75) is 25.3 Å². The van der Waals surface area contributed by atoms with Crippen LogP contribution in [0.4, 0.5) is 0 Å². The zero-order valence-electron chi connectivity index (χ0n) is 14.4. The summed E-state index contributed by atoms with van der Waals surface area (Å²) in [4.78, 5) is 21.0. The van der Waals surface area contributed by atoms with Crippen molar-refractivity contribution in [3.63, 3.8) is 0 Å². The van der Waals surface area contributed by atoms with Crippen molar-refractivity contribution in [3.05, 3.63) is 16.1 Å². The van der Waals surface area contributed by atoms with Crippen LogP contribution in [0.15, 0.2) is 5.38 Å². The zero-order valence-corrected chi connectivity index (χ0v) is 16.8. The van der Waals surface area contributed by atoms with Gasteiger partial charge in [-0.1, -0.05) is 0 Å². The molecular weight excluding hydrogens is 369 g/mol. The minimum Gasteiger partial charge on any atom is -0.349 e. The van der Waals surface area contributed by atoms with E-state index in [0.717, 1.165) is 31.1 Å². The Morgan fingerprint density at radius 2 is 2.08 bits per heavy atom. The maximum Gasteiger partial charge on any atom is 0.270 e. The average Bonchev–Trinajstić information content (AvgIpc) is 2.97. The first-order valence-electron chi connectivity index (χ1n) is 7.91. The Bertz CT molecular complexity index is 478. The molecule has 0 spiro atoms. The summed E-state index contributed by atoms with van der Waals surface area (Å²) in [6.45, 7) is 4.37. The number of likely N-dealkylation sites (tertiary alicyclic amines) is 1. The number of aromatic nitrogens is 1. The second-order valence-electron chi connectivity index (χ2n) is 5.96. The molecule has 1 aliphatic heterocycles. The Labute approximate surface area is 161 Å². The van der Waals surface area contributed by atoms with E-state index in [1.807, 2.05) is 5.38 Å². The summed E-state index contributed by atoms with van der Waals surface area (Å²) in [7, 11) is 4.29. The van der Waals surface area contributed by atoms with Crippen molar-refractivity contribution in [1.29, 1.82) is 0 Å². The van der Waals surface area contributed by atoms with Crippen LogP contribution in [0.1, 0.15) is 28.3 Å². The monoisotopic (exact) mass is 397 g/mol. The van der Waals surface area contributed by atoms with Crippen LogP contribution in [0, 0.1) is 0 Å². The van der Waals surface area contributed by atoms with Crippen LogP contribution in [0.2, 0.25) is 0 Å². The van der Waals surface area contributed by atoms with Crippen molar-refractivity contribution in [2.75, 3.05) is 46.8 Å². The van der Waals surface area contributed by atoms with Gasteiger partial charge in [-0.05, 0) is 46.6 Å². The van der Waals surface area contributed by atoms with Crippen LogP contribution in [0.5, 0.6) is 0 Å². The lowest BCUT2D eigenvalue weighted by atomic mass is 10.0. The van der Waals surface area contributed by atoms with Gasteiger partial charge in [-0.3, -0.25) is 4.79 Å². The van der Waals surface area contributed by atoms with Crippen molar-refractivity contribution in [3.8, 4) is 0 Å². The van der Waals surface area contributed by atoms with Crippen LogP contribution >= 0.6 is 36.2 Å². The highest BCUT2D eigenvalue weighted by molar-refractivity contribution is 7.09. The quantitative estimate of drug-likeness (QED) is 0.723. The lowest BCUT2D eigenvalue weighted by molar-refractivity contribution is 0.0936. The van der Waals surface area contributed by atoms with E-state index in [1.54, 1.807) is 0 Å². The first-order valence-corrected chi connectivity index (χ1v) is 8.79. The van der Waals surface area contributed by atoms with E-state index in [1.165, 1.54) is 24.2 Å². The number of piperidine rings is 1. The van der Waals surface area contributed by atoms with E-state index in [4.69, 9.17) is 5.73 Å². The SMILES string of the molecule is CN(C)C1CCN(CCNC(=O)c2csc(CCN)n2)CC1.Cl.Cl. The molecule has 0 saturated carbocycles. The summed E-state index contributed by atoms with van der Waals surface area (Å²) >= 11 is 1.50. The van der Waals surface area contributed by atoms with Crippen molar-refractivity contribution < 1.29 is 4.79 Å². The molecule has 1 aromatic heterocycles. The average molecular weight is 398 g/mol. The van der Waals surface area contributed by atoms with E-state index >= 15 is 0 Å². The smallest absolute Gasteiger partial charge is 0.270 e.